The number of hydrogen-bond donors (Lipinski definition) is 2. The van der Waals surface area contributed by atoms with Crippen molar-refractivity contribution in [3.8, 4) is 5.75 Å². The van der Waals surface area contributed by atoms with Crippen LogP contribution in [0, 0.1) is 0 Å². The van der Waals surface area contributed by atoms with Gasteiger partial charge in [0.15, 0.2) is 0 Å². The number of hydrogen-bond acceptors (Lipinski definition) is 4. The molecule has 1 aromatic rings. The highest BCUT2D eigenvalue weighted by molar-refractivity contribution is 6.33. The number of nitrogens with zero attached hydrogens (tertiary/aromatic N) is 1. The maximum absolute atomic E-state index is 9.24. The third-order valence-electron chi connectivity index (χ3n) is 3.74. The van der Waals surface area contributed by atoms with E-state index in [4.69, 9.17) is 16.3 Å². The molecule has 1 aliphatic rings. The van der Waals surface area contributed by atoms with Gasteiger partial charge in [0.2, 0.25) is 0 Å². The second-order valence-corrected chi connectivity index (χ2v) is 5.37. The molecule has 1 fully saturated rings. The summed E-state index contributed by atoms with van der Waals surface area (Å²) >= 11 is 6.22. The summed E-state index contributed by atoms with van der Waals surface area (Å²) in [4.78, 5) is 2.36. The quantitative estimate of drug-likeness (QED) is 0.871. The van der Waals surface area contributed by atoms with E-state index in [-0.39, 0.29) is 6.61 Å². The summed E-state index contributed by atoms with van der Waals surface area (Å²) < 4.78 is 5.26. The van der Waals surface area contributed by atoms with Gasteiger partial charge in [-0.1, -0.05) is 11.6 Å². The Hall–Kier alpha value is -0.970. The summed E-state index contributed by atoms with van der Waals surface area (Å²) in [6.45, 7) is 1.96. The molecule has 0 radical (unpaired) electrons. The zero-order valence-corrected chi connectivity index (χ0v) is 12.2. The summed E-state index contributed by atoms with van der Waals surface area (Å²) in [5, 5.41) is 13.2. The molecule has 2 N–H and O–H groups in total. The first kappa shape index (κ1) is 14.4. The van der Waals surface area contributed by atoms with Gasteiger partial charge >= 0.3 is 0 Å². The number of methoxy groups -OCH3 is 1. The Kier molecular flexibility index (Phi) is 4.91. The van der Waals surface area contributed by atoms with E-state index in [1.807, 2.05) is 6.07 Å². The predicted molar refractivity (Wildman–Crippen MR) is 78.1 cm³/mol. The van der Waals surface area contributed by atoms with Crippen molar-refractivity contribution in [1.82, 2.24) is 4.90 Å². The lowest BCUT2D eigenvalue weighted by molar-refractivity contribution is 0.274. The predicted octanol–water partition coefficient (Wildman–Crippen LogP) is 2.35. The number of aliphatic hydroxyl groups is 1. The number of likely N-dealkylation sites (tertiary alicyclic amines) is 1. The molecule has 4 nitrogen and oxygen atoms in total. The number of halogens is 1. The topological polar surface area (TPSA) is 44.7 Å². The molecule has 2 rings (SSSR count). The van der Waals surface area contributed by atoms with Gasteiger partial charge in [0.1, 0.15) is 5.75 Å². The highest BCUT2D eigenvalue weighted by Gasteiger charge is 2.20. The normalized spacial score (nSPS) is 19.7. The second-order valence-electron chi connectivity index (χ2n) is 4.96. The summed E-state index contributed by atoms with van der Waals surface area (Å²) in [5.41, 5.74) is 1.56. The average Bonchev–Trinajstić information content (AvgIpc) is 2.82. The van der Waals surface area contributed by atoms with Gasteiger partial charge in [-0.2, -0.15) is 0 Å². The Morgan fingerprint density at radius 2 is 2.32 bits per heavy atom. The Morgan fingerprint density at radius 3 is 2.89 bits per heavy atom. The molecular weight excluding hydrogens is 264 g/mol. The lowest BCUT2D eigenvalue weighted by Crippen LogP contribution is -2.31. The van der Waals surface area contributed by atoms with E-state index in [0.29, 0.717) is 22.4 Å². The molecule has 0 aromatic heterocycles. The molecule has 1 saturated heterocycles. The zero-order valence-electron chi connectivity index (χ0n) is 11.4. The summed E-state index contributed by atoms with van der Waals surface area (Å²) in [7, 11) is 3.74. The number of benzene rings is 1. The van der Waals surface area contributed by atoms with Crippen LogP contribution in [0.4, 0.5) is 5.69 Å². The van der Waals surface area contributed by atoms with Crippen LogP contribution in [0.15, 0.2) is 12.1 Å². The minimum absolute atomic E-state index is 0.0749. The third kappa shape index (κ3) is 3.32. The van der Waals surface area contributed by atoms with Crippen molar-refractivity contribution in [3.05, 3.63) is 22.7 Å². The largest absolute Gasteiger partial charge is 0.496 e. The molecule has 0 bridgehead atoms. The van der Waals surface area contributed by atoms with Gasteiger partial charge in [0.05, 0.1) is 24.4 Å². The molecule has 0 saturated carbocycles. The van der Waals surface area contributed by atoms with Crippen molar-refractivity contribution in [2.24, 2.45) is 0 Å². The van der Waals surface area contributed by atoms with Crippen LogP contribution in [0.1, 0.15) is 18.4 Å². The molecule has 1 aromatic carbocycles. The molecule has 0 aliphatic carbocycles. The molecule has 0 amide bonds. The molecule has 0 spiro atoms. The number of aliphatic hydroxyl groups excluding tert-OH is 1. The van der Waals surface area contributed by atoms with Crippen molar-refractivity contribution < 1.29 is 9.84 Å². The number of ether oxygens (including phenoxy) is 1. The van der Waals surface area contributed by atoms with Crippen LogP contribution in [0.2, 0.25) is 5.02 Å². The van der Waals surface area contributed by atoms with E-state index in [2.05, 4.69) is 17.3 Å². The van der Waals surface area contributed by atoms with Crippen molar-refractivity contribution in [2.45, 2.75) is 25.5 Å². The van der Waals surface area contributed by atoms with Crippen LogP contribution in [0.25, 0.3) is 0 Å². The van der Waals surface area contributed by atoms with E-state index in [1.165, 1.54) is 12.8 Å². The minimum Gasteiger partial charge on any atom is -0.496 e. The van der Waals surface area contributed by atoms with E-state index in [9.17, 15) is 5.11 Å². The van der Waals surface area contributed by atoms with Crippen LogP contribution in [-0.2, 0) is 6.61 Å². The number of anilines is 1. The Morgan fingerprint density at radius 1 is 1.53 bits per heavy atom. The van der Waals surface area contributed by atoms with Crippen LogP contribution in [0.3, 0.4) is 0 Å². The van der Waals surface area contributed by atoms with Crippen LogP contribution >= 0.6 is 11.6 Å². The fourth-order valence-corrected chi connectivity index (χ4v) is 2.76. The Balaban J connectivity index is 2.07. The molecule has 1 aliphatic heterocycles. The van der Waals surface area contributed by atoms with Gasteiger partial charge in [0, 0.05) is 24.2 Å². The van der Waals surface area contributed by atoms with Gasteiger partial charge < -0.3 is 20.1 Å². The van der Waals surface area contributed by atoms with Crippen LogP contribution in [-0.4, -0.2) is 43.3 Å². The number of nitrogens with one attached hydrogen (secondary N) is 1. The highest BCUT2D eigenvalue weighted by Crippen LogP contribution is 2.31. The maximum Gasteiger partial charge on any atom is 0.126 e. The van der Waals surface area contributed by atoms with E-state index >= 15 is 0 Å². The van der Waals surface area contributed by atoms with Gasteiger partial charge in [-0.25, -0.2) is 0 Å². The minimum atomic E-state index is -0.0749. The molecule has 5 heteroatoms. The van der Waals surface area contributed by atoms with Crippen molar-refractivity contribution in [1.29, 1.82) is 0 Å². The number of rotatable bonds is 5. The lowest BCUT2D eigenvalue weighted by Gasteiger charge is -2.21. The average molecular weight is 285 g/mol. The standard InChI is InChI=1S/C14H21ClN2O2/c1-17-5-3-4-11(17)8-16-13-7-14(19-2)10(9-18)6-12(13)15/h6-7,11,16,18H,3-5,8-9H2,1-2H3. The second kappa shape index (κ2) is 6.46. The van der Waals surface area contributed by atoms with Crippen molar-refractivity contribution in [3.63, 3.8) is 0 Å². The van der Waals surface area contributed by atoms with Gasteiger partial charge in [-0.05, 0) is 32.5 Å². The van der Waals surface area contributed by atoms with Crippen molar-refractivity contribution >= 4 is 17.3 Å². The molecule has 106 valence electrons. The Labute approximate surface area is 119 Å². The molecule has 1 unspecified atom stereocenters. The molecule has 1 heterocycles. The van der Waals surface area contributed by atoms with Crippen LogP contribution < -0.4 is 10.1 Å². The lowest BCUT2D eigenvalue weighted by atomic mass is 10.1. The van der Waals surface area contributed by atoms with Gasteiger partial charge in [-0.15, -0.1) is 0 Å². The van der Waals surface area contributed by atoms with Gasteiger partial charge in [0.25, 0.3) is 0 Å². The first-order chi connectivity index (χ1) is 9.15. The molecular formula is C14H21ClN2O2. The Bertz CT molecular complexity index is 440. The fourth-order valence-electron chi connectivity index (χ4n) is 2.51. The zero-order chi connectivity index (χ0) is 13.8. The smallest absolute Gasteiger partial charge is 0.126 e. The SMILES string of the molecule is COc1cc(NCC2CCCN2C)c(Cl)cc1CO. The van der Waals surface area contributed by atoms with E-state index in [1.54, 1.807) is 13.2 Å². The van der Waals surface area contributed by atoms with Gasteiger partial charge in [-0.3, -0.25) is 0 Å². The fraction of sp³-hybridized carbons (Fsp3) is 0.571. The van der Waals surface area contributed by atoms with Crippen LogP contribution in [0.5, 0.6) is 5.75 Å². The summed E-state index contributed by atoms with van der Waals surface area (Å²) in [6.07, 6.45) is 2.47. The first-order valence-electron chi connectivity index (χ1n) is 6.57. The third-order valence-corrected chi connectivity index (χ3v) is 4.05. The molecule has 1 atom stereocenters. The van der Waals surface area contributed by atoms with Crippen molar-refractivity contribution in [2.75, 3.05) is 32.6 Å². The summed E-state index contributed by atoms with van der Waals surface area (Å²) in [5.74, 6) is 0.661. The van der Waals surface area contributed by atoms with E-state index < -0.39 is 0 Å². The highest BCUT2D eigenvalue weighted by atomic mass is 35.5. The molecule has 19 heavy (non-hydrogen) atoms. The maximum atomic E-state index is 9.24. The monoisotopic (exact) mass is 284 g/mol. The first-order valence-corrected chi connectivity index (χ1v) is 6.95. The number of likely N-dealkylation sites (N-methyl/N-ethyl adjacent to an activating group) is 1. The summed E-state index contributed by atoms with van der Waals surface area (Å²) in [6, 6.07) is 4.16. The van der Waals surface area contributed by atoms with E-state index in [0.717, 1.165) is 18.8 Å².